The lowest BCUT2D eigenvalue weighted by Crippen LogP contribution is -2.85. The van der Waals surface area contributed by atoms with E-state index in [1.165, 1.54) is 0 Å². The fourth-order valence-electron chi connectivity index (χ4n) is 9.97. The van der Waals surface area contributed by atoms with Gasteiger partial charge in [-0.25, -0.2) is 4.68 Å². The fraction of sp³-hybridized carbons (Fsp3) is 0.618. The Kier molecular flexibility index (Phi) is 7.43. The third kappa shape index (κ3) is 4.32. The van der Waals surface area contributed by atoms with Gasteiger partial charge in [-0.15, -0.1) is 5.10 Å². The number of benzene rings is 1. The summed E-state index contributed by atoms with van der Waals surface area (Å²) in [6.07, 6.45) is -0.256. The van der Waals surface area contributed by atoms with Crippen LogP contribution in [-0.2, 0) is 30.4 Å². The molecule has 1 aromatic carbocycles. The third-order valence-corrected chi connectivity index (χ3v) is 12.0. The van der Waals surface area contributed by atoms with Crippen molar-refractivity contribution in [2.75, 3.05) is 13.7 Å². The highest BCUT2D eigenvalue weighted by Gasteiger charge is 2.87. The lowest BCUT2D eigenvalue weighted by Gasteiger charge is -2.74. The van der Waals surface area contributed by atoms with Gasteiger partial charge in [-0.2, -0.15) is 0 Å². The molecule has 1 amide bonds. The van der Waals surface area contributed by atoms with Crippen LogP contribution in [0, 0.1) is 34.0 Å². The SMILES string of the molecule is C=C1C(=O)[C@]23[C@H](OC(=O)CCC(=O)NCc4cn(-c5ccc(OC)cc5)nn4)[C@H]1CC[C@H]2[C@@]12CO[C@]3(O)[C@@H](O)[C@@H]1C(C)(C)CC[C@@H]2O. The Morgan fingerprint density at radius 3 is 2.62 bits per heavy atom. The Labute approximate surface area is 272 Å². The molecule has 4 aliphatic carbocycles. The number of ether oxygens (including phenoxy) is 3. The van der Waals surface area contributed by atoms with Gasteiger partial charge in [0.15, 0.2) is 5.78 Å². The number of amides is 1. The van der Waals surface area contributed by atoms with Crippen LogP contribution in [0.1, 0.15) is 58.1 Å². The third-order valence-electron chi connectivity index (χ3n) is 12.0. The average Bonchev–Trinajstić information content (AvgIpc) is 3.57. The molecule has 13 heteroatoms. The summed E-state index contributed by atoms with van der Waals surface area (Å²) in [5.41, 5.74) is -1.78. The number of esters is 1. The topological polar surface area (TPSA) is 182 Å². The molecule has 2 spiro atoms. The number of carbonyl (C=O) groups is 3. The van der Waals surface area contributed by atoms with Crippen LogP contribution in [0.15, 0.2) is 42.6 Å². The first-order chi connectivity index (χ1) is 22.3. The maximum absolute atomic E-state index is 14.2. The number of nitrogens with one attached hydrogen (secondary N) is 1. The lowest BCUT2D eigenvalue weighted by atomic mass is 9.35. The summed E-state index contributed by atoms with van der Waals surface area (Å²) >= 11 is 0. The number of carbonyl (C=O) groups excluding carboxylic acids is 3. The summed E-state index contributed by atoms with van der Waals surface area (Å²) in [6, 6.07) is 7.24. The second kappa shape index (κ2) is 10.9. The minimum atomic E-state index is -2.33. The van der Waals surface area contributed by atoms with Gasteiger partial charge in [0, 0.05) is 23.7 Å². The van der Waals surface area contributed by atoms with Crippen LogP contribution in [0.2, 0.25) is 0 Å². The van der Waals surface area contributed by atoms with Crippen LogP contribution in [0.5, 0.6) is 5.75 Å². The largest absolute Gasteiger partial charge is 0.497 e. The van der Waals surface area contributed by atoms with E-state index in [2.05, 4.69) is 22.2 Å². The van der Waals surface area contributed by atoms with E-state index >= 15 is 0 Å². The molecule has 13 nitrogen and oxygen atoms in total. The van der Waals surface area contributed by atoms with Gasteiger partial charge in [0.25, 0.3) is 0 Å². The summed E-state index contributed by atoms with van der Waals surface area (Å²) in [6.45, 7) is 8.14. The zero-order valence-corrected chi connectivity index (χ0v) is 26.8. The predicted molar refractivity (Wildman–Crippen MR) is 164 cm³/mol. The molecule has 0 unspecified atom stereocenters. The van der Waals surface area contributed by atoms with E-state index < -0.39 is 75.8 Å². The molecule has 2 aromatic rings. The number of fused-ring (bicyclic) bond motifs is 2. The molecule has 2 saturated heterocycles. The van der Waals surface area contributed by atoms with Crippen LogP contribution in [0.3, 0.4) is 0 Å². The average molecular weight is 651 g/mol. The number of nitrogens with zero attached hydrogens (tertiary/aromatic N) is 3. The molecule has 4 bridgehead atoms. The summed E-state index contributed by atoms with van der Waals surface area (Å²) < 4.78 is 18.8. The van der Waals surface area contributed by atoms with Crippen molar-refractivity contribution in [2.24, 2.45) is 34.0 Å². The molecule has 0 radical (unpaired) electrons. The van der Waals surface area contributed by atoms with Gasteiger partial charge in [-0.3, -0.25) is 14.4 Å². The minimum Gasteiger partial charge on any atom is -0.497 e. The second-order valence-electron chi connectivity index (χ2n) is 14.6. The van der Waals surface area contributed by atoms with E-state index in [1.54, 1.807) is 30.1 Å². The summed E-state index contributed by atoms with van der Waals surface area (Å²) in [4.78, 5) is 40.3. The molecule has 4 N–H and O–H groups in total. The number of ketones is 1. The van der Waals surface area contributed by atoms with Crippen LogP contribution in [0.4, 0.5) is 0 Å². The zero-order chi connectivity index (χ0) is 33.5. The Hall–Kier alpha value is -3.65. The first-order valence-electron chi connectivity index (χ1n) is 16.3. The highest BCUT2D eigenvalue weighted by molar-refractivity contribution is 6.05. The molecule has 4 saturated carbocycles. The Balaban J connectivity index is 1.05. The first kappa shape index (κ1) is 31.9. The van der Waals surface area contributed by atoms with E-state index in [0.29, 0.717) is 37.1 Å². The quantitative estimate of drug-likeness (QED) is 0.241. The molecule has 8 rings (SSSR count). The van der Waals surface area contributed by atoms with Crippen molar-refractivity contribution in [3.8, 4) is 11.4 Å². The molecule has 3 heterocycles. The van der Waals surface area contributed by atoms with Crippen molar-refractivity contribution < 1.29 is 43.9 Å². The number of rotatable bonds is 8. The molecule has 6 fully saturated rings. The van der Waals surface area contributed by atoms with Gasteiger partial charge in [0.2, 0.25) is 11.7 Å². The monoisotopic (exact) mass is 650 g/mol. The van der Waals surface area contributed by atoms with Crippen LogP contribution < -0.4 is 10.1 Å². The first-order valence-corrected chi connectivity index (χ1v) is 16.3. The summed E-state index contributed by atoms with van der Waals surface area (Å²) in [5.74, 6) is -4.96. The van der Waals surface area contributed by atoms with Gasteiger partial charge in [-0.05, 0) is 66.9 Å². The van der Waals surface area contributed by atoms with Crippen molar-refractivity contribution in [1.82, 2.24) is 20.3 Å². The van der Waals surface area contributed by atoms with Gasteiger partial charge < -0.3 is 34.8 Å². The van der Waals surface area contributed by atoms with Gasteiger partial charge >= 0.3 is 5.97 Å². The van der Waals surface area contributed by atoms with E-state index in [1.807, 2.05) is 26.0 Å². The van der Waals surface area contributed by atoms with Crippen molar-refractivity contribution in [2.45, 2.75) is 83.0 Å². The maximum atomic E-state index is 14.2. The zero-order valence-electron chi connectivity index (χ0n) is 26.8. The van der Waals surface area contributed by atoms with E-state index in [4.69, 9.17) is 14.2 Å². The Morgan fingerprint density at radius 2 is 1.89 bits per heavy atom. The standard InChI is InChI=1S/C34H42N4O9/c1-18-22-9-10-23-32-17-46-34(44,29(43)27(32)31(2,3)14-13-24(32)39)33(23,28(18)42)30(22)47-26(41)12-11-25(40)35-15-19-16-38(37-36-19)20-5-7-21(45-4)8-6-20/h5-8,16,22-24,27,29-30,39,43-44H,1,9-15,17H2,2-4H3,(H,35,40)/t22-,23-,24-,27+,29-,30+,32+,33-,34+/m0/s1. The number of hydrogen-bond donors (Lipinski definition) is 4. The van der Waals surface area contributed by atoms with E-state index in [0.717, 1.165) is 5.69 Å². The number of aromatic nitrogens is 3. The maximum Gasteiger partial charge on any atom is 0.306 e. The van der Waals surface area contributed by atoms with Crippen molar-refractivity contribution in [1.29, 1.82) is 0 Å². The number of Topliss-reactive ketones (excluding diaryl/α,β-unsaturated/α-hetero) is 1. The number of aliphatic hydroxyl groups excluding tert-OH is 2. The van der Waals surface area contributed by atoms with Gasteiger partial charge in [0.05, 0.1) is 44.7 Å². The predicted octanol–water partition coefficient (Wildman–Crippen LogP) is 1.61. The highest BCUT2D eigenvalue weighted by atomic mass is 16.6. The fourth-order valence-corrected chi connectivity index (χ4v) is 9.97. The van der Waals surface area contributed by atoms with Crippen LogP contribution in [0.25, 0.3) is 5.69 Å². The molecule has 6 aliphatic rings. The van der Waals surface area contributed by atoms with Crippen molar-refractivity contribution >= 4 is 17.7 Å². The molecule has 1 aromatic heterocycles. The second-order valence-corrected chi connectivity index (χ2v) is 14.6. The molecular weight excluding hydrogens is 608 g/mol. The lowest BCUT2D eigenvalue weighted by molar-refractivity contribution is -0.458. The molecule has 2 aliphatic heterocycles. The summed E-state index contributed by atoms with van der Waals surface area (Å²) in [7, 11) is 1.58. The summed E-state index contributed by atoms with van der Waals surface area (Å²) in [5, 5.41) is 46.6. The van der Waals surface area contributed by atoms with Crippen LogP contribution in [-0.4, -0.2) is 85.8 Å². The van der Waals surface area contributed by atoms with Crippen molar-refractivity contribution in [3.63, 3.8) is 0 Å². The highest BCUT2D eigenvalue weighted by Crippen LogP contribution is 2.76. The van der Waals surface area contributed by atoms with Gasteiger partial charge in [0.1, 0.15) is 29.1 Å². The molecule has 252 valence electrons. The molecular formula is C34H42N4O9. The van der Waals surface area contributed by atoms with Crippen LogP contribution >= 0.6 is 0 Å². The van der Waals surface area contributed by atoms with E-state index in [-0.39, 0.29) is 31.6 Å². The minimum absolute atomic E-state index is 0.0125. The number of aliphatic hydroxyl groups is 3. The van der Waals surface area contributed by atoms with Crippen molar-refractivity contribution in [3.05, 3.63) is 48.3 Å². The number of hydrogen-bond acceptors (Lipinski definition) is 11. The molecule has 47 heavy (non-hydrogen) atoms. The van der Waals surface area contributed by atoms with Gasteiger partial charge in [-0.1, -0.05) is 25.6 Å². The Morgan fingerprint density at radius 1 is 1.15 bits per heavy atom. The number of methoxy groups -OCH3 is 1. The molecule has 9 atom stereocenters. The van der Waals surface area contributed by atoms with E-state index in [9.17, 15) is 29.7 Å². The normalized spacial score (nSPS) is 38.0. The Bertz CT molecular complexity index is 1620. The smallest absolute Gasteiger partial charge is 0.306 e.